The molecule has 1 aromatic heterocycles. The summed E-state index contributed by atoms with van der Waals surface area (Å²) in [4.78, 5) is 16.8. The highest BCUT2D eigenvalue weighted by molar-refractivity contribution is 7.07. The molecule has 0 amide bonds. The number of thiazole rings is 1. The summed E-state index contributed by atoms with van der Waals surface area (Å²) in [5.74, 6) is -0.757. The zero-order chi connectivity index (χ0) is 9.97. The molecule has 4 nitrogen and oxygen atoms in total. The highest BCUT2D eigenvalue weighted by Crippen LogP contribution is 2.27. The van der Waals surface area contributed by atoms with Crippen LogP contribution in [0.4, 0.5) is 0 Å². The number of rotatable bonds is 5. The van der Waals surface area contributed by atoms with Gasteiger partial charge in [0, 0.05) is 18.0 Å². The smallest absolute Gasteiger partial charge is 0.317 e. The molecule has 1 N–H and O–H groups in total. The van der Waals surface area contributed by atoms with Crippen molar-refractivity contribution >= 4 is 17.3 Å². The Bertz CT molecular complexity index is 309. The van der Waals surface area contributed by atoms with Crippen molar-refractivity contribution in [3.8, 4) is 0 Å². The lowest BCUT2D eigenvalue weighted by molar-refractivity contribution is -0.138. The van der Waals surface area contributed by atoms with Gasteiger partial charge in [0.05, 0.1) is 17.7 Å². The number of aliphatic carboxylic acids is 1. The van der Waals surface area contributed by atoms with Gasteiger partial charge in [-0.25, -0.2) is 4.98 Å². The second kappa shape index (κ2) is 4.06. The molecule has 2 rings (SSSR count). The molecular weight excluding hydrogens is 200 g/mol. The van der Waals surface area contributed by atoms with Gasteiger partial charge in [-0.2, -0.15) is 0 Å². The maximum absolute atomic E-state index is 10.6. The Balaban J connectivity index is 1.93. The van der Waals surface area contributed by atoms with E-state index in [-0.39, 0.29) is 6.54 Å². The zero-order valence-electron chi connectivity index (χ0n) is 7.72. The molecule has 1 heterocycles. The normalized spacial score (nSPS) is 16.1. The SMILES string of the molecule is O=C(O)CN(Cc1cscn1)C1CC1. The van der Waals surface area contributed by atoms with Gasteiger partial charge < -0.3 is 5.11 Å². The molecule has 0 unspecified atom stereocenters. The minimum absolute atomic E-state index is 0.127. The number of carboxylic acid groups (broad SMARTS) is 1. The molecular formula is C9H12N2O2S. The molecule has 0 aliphatic heterocycles. The van der Waals surface area contributed by atoms with E-state index in [2.05, 4.69) is 4.98 Å². The molecule has 1 aliphatic carbocycles. The number of nitrogens with zero attached hydrogens (tertiary/aromatic N) is 2. The summed E-state index contributed by atoms with van der Waals surface area (Å²) < 4.78 is 0. The average molecular weight is 212 g/mol. The van der Waals surface area contributed by atoms with E-state index in [4.69, 9.17) is 5.11 Å². The Hall–Kier alpha value is -0.940. The van der Waals surface area contributed by atoms with Gasteiger partial charge in [-0.1, -0.05) is 0 Å². The lowest BCUT2D eigenvalue weighted by Crippen LogP contribution is -2.31. The van der Waals surface area contributed by atoms with Crippen molar-refractivity contribution in [1.29, 1.82) is 0 Å². The van der Waals surface area contributed by atoms with Gasteiger partial charge >= 0.3 is 5.97 Å². The standard InChI is InChI=1S/C9H12N2O2S/c12-9(13)4-11(8-1-2-8)3-7-5-14-6-10-7/h5-6,8H,1-4H2,(H,12,13). The van der Waals surface area contributed by atoms with Crippen LogP contribution in [0, 0.1) is 0 Å². The first-order valence-corrected chi connectivity index (χ1v) is 5.53. The number of carboxylic acids is 1. The Labute approximate surface area is 86.2 Å². The fourth-order valence-corrected chi connectivity index (χ4v) is 2.00. The number of carbonyl (C=O) groups is 1. The molecule has 0 bridgehead atoms. The van der Waals surface area contributed by atoms with Crippen LogP contribution in [0.5, 0.6) is 0 Å². The molecule has 1 fully saturated rings. The summed E-state index contributed by atoms with van der Waals surface area (Å²) in [6.45, 7) is 0.794. The van der Waals surface area contributed by atoms with Gasteiger partial charge in [0.15, 0.2) is 0 Å². The zero-order valence-corrected chi connectivity index (χ0v) is 8.54. The van der Waals surface area contributed by atoms with Gasteiger partial charge in [-0.15, -0.1) is 11.3 Å². The predicted octanol–water partition coefficient (Wildman–Crippen LogP) is 1.19. The second-order valence-corrected chi connectivity index (χ2v) is 4.23. The summed E-state index contributed by atoms with van der Waals surface area (Å²) in [6, 6.07) is 0.466. The highest BCUT2D eigenvalue weighted by atomic mass is 32.1. The van der Waals surface area contributed by atoms with E-state index in [1.807, 2.05) is 10.3 Å². The largest absolute Gasteiger partial charge is 0.480 e. The Kier molecular flexibility index (Phi) is 2.79. The van der Waals surface area contributed by atoms with Crippen molar-refractivity contribution in [1.82, 2.24) is 9.88 Å². The monoisotopic (exact) mass is 212 g/mol. The molecule has 14 heavy (non-hydrogen) atoms. The van der Waals surface area contributed by atoms with E-state index in [9.17, 15) is 4.79 Å². The summed E-state index contributed by atoms with van der Waals surface area (Å²) in [5.41, 5.74) is 2.75. The fourth-order valence-electron chi connectivity index (χ4n) is 1.45. The van der Waals surface area contributed by atoms with Crippen molar-refractivity contribution in [2.45, 2.75) is 25.4 Å². The lowest BCUT2D eigenvalue weighted by Gasteiger charge is -2.17. The fraction of sp³-hybridized carbons (Fsp3) is 0.556. The van der Waals surface area contributed by atoms with Crippen LogP contribution >= 0.6 is 11.3 Å². The van der Waals surface area contributed by atoms with Crippen LogP contribution in [0.25, 0.3) is 0 Å². The van der Waals surface area contributed by atoms with E-state index in [1.54, 1.807) is 16.8 Å². The van der Waals surface area contributed by atoms with Crippen LogP contribution in [0.1, 0.15) is 18.5 Å². The third kappa shape index (κ3) is 2.52. The van der Waals surface area contributed by atoms with Crippen LogP contribution in [-0.4, -0.2) is 33.5 Å². The van der Waals surface area contributed by atoms with Gasteiger partial charge in [-0.05, 0) is 12.8 Å². The van der Waals surface area contributed by atoms with Gasteiger partial charge in [0.2, 0.25) is 0 Å². The summed E-state index contributed by atoms with van der Waals surface area (Å²) >= 11 is 1.55. The van der Waals surface area contributed by atoms with E-state index >= 15 is 0 Å². The first-order valence-electron chi connectivity index (χ1n) is 4.58. The molecule has 1 aliphatic rings. The maximum atomic E-state index is 10.6. The molecule has 0 radical (unpaired) electrons. The van der Waals surface area contributed by atoms with Gasteiger partial charge in [0.25, 0.3) is 0 Å². The molecule has 5 heteroatoms. The predicted molar refractivity (Wildman–Crippen MR) is 53.2 cm³/mol. The van der Waals surface area contributed by atoms with Crippen LogP contribution in [0.3, 0.4) is 0 Å². The molecule has 0 spiro atoms. The minimum Gasteiger partial charge on any atom is -0.480 e. The van der Waals surface area contributed by atoms with E-state index in [1.165, 1.54) is 0 Å². The topological polar surface area (TPSA) is 53.4 Å². The molecule has 0 saturated heterocycles. The van der Waals surface area contributed by atoms with Crippen molar-refractivity contribution in [3.63, 3.8) is 0 Å². The molecule has 1 saturated carbocycles. The third-order valence-corrected chi connectivity index (χ3v) is 2.89. The van der Waals surface area contributed by atoms with Crippen LogP contribution < -0.4 is 0 Å². The van der Waals surface area contributed by atoms with Gasteiger partial charge in [0.1, 0.15) is 0 Å². The highest BCUT2D eigenvalue weighted by Gasteiger charge is 2.30. The van der Waals surface area contributed by atoms with Crippen molar-refractivity contribution in [2.24, 2.45) is 0 Å². The first-order chi connectivity index (χ1) is 6.75. The van der Waals surface area contributed by atoms with Crippen molar-refractivity contribution < 1.29 is 9.90 Å². The van der Waals surface area contributed by atoms with E-state index in [0.717, 1.165) is 18.5 Å². The summed E-state index contributed by atoms with van der Waals surface area (Å²) in [7, 11) is 0. The number of aromatic nitrogens is 1. The van der Waals surface area contributed by atoms with E-state index in [0.29, 0.717) is 12.6 Å². The average Bonchev–Trinajstić information content (AvgIpc) is 2.85. The second-order valence-electron chi connectivity index (χ2n) is 3.51. The molecule has 0 atom stereocenters. The van der Waals surface area contributed by atoms with Crippen molar-refractivity contribution in [3.05, 3.63) is 16.6 Å². The quantitative estimate of drug-likeness (QED) is 0.796. The van der Waals surface area contributed by atoms with Crippen LogP contribution in [0.2, 0.25) is 0 Å². The third-order valence-electron chi connectivity index (χ3n) is 2.25. The Morgan fingerprint density at radius 1 is 1.71 bits per heavy atom. The number of hydrogen-bond donors (Lipinski definition) is 1. The Morgan fingerprint density at radius 3 is 3.00 bits per heavy atom. The molecule has 0 aromatic carbocycles. The van der Waals surface area contributed by atoms with Crippen LogP contribution in [-0.2, 0) is 11.3 Å². The molecule has 1 aromatic rings. The van der Waals surface area contributed by atoms with Crippen LogP contribution in [0.15, 0.2) is 10.9 Å². The minimum atomic E-state index is -0.757. The molecule has 76 valence electrons. The first kappa shape index (κ1) is 9.61. The summed E-state index contributed by atoms with van der Waals surface area (Å²) in [5, 5.41) is 10.7. The van der Waals surface area contributed by atoms with Gasteiger partial charge in [-0.3, -0.25) is 9.69 Å². The maximum Gasteiger partial charge on any atom is 0.317 e. The van der Waals surface area contributed by atoms with E-state index < -0.39 is 5.97 Å². The van der Waals surface area contributed by atoms with Crippen molar-refractivity contribution in [2.75, 3.05) is 6.54 Å². The summed E-state index contributed by atoms with van der Waals surface area (Å²) in [6.07, 6.45) is 2.24. The Morgan fingerprint density at radius 2 is 2.50 bits per heavy atom. The lowest BCUT2D eigenvalue weighted by atomic mass is 10.4. The number of hydrogen-bond acceptors (Lipinski definition) is 4.